The normalized spacial score (nSPS) is 10.1. The Kier molecular flexibility index (Phi) is 5.16. The zero-order chi connectivity index (χ0) is 16.6. The first-order valence-corrected chi connectivity index (χ1v) is 7.98. The maximum absolute atomic E-state index is 8.65. The molecule has 2 aromatic carbocycles. The number of hydrogen-bond acceptors (Lipinski definition) is 4. The van der Waals surface area contributed by atoms with Crippen LogP contribution in [0.5, 0.6) is 0 Å². The first-order chi connectivity index (χ1) is 11.9. The van der Waals surface area contributed by atoms with Crippen molar-refractivity contribution in [1.29, 1.82) is 5.26 Å². The Morgan fingerprint density at radius 1 is 0.875 bits per heavy atom. The maximum Gasteiger partial charge on any atom is 0.156 e. The summed E-state index contributed by atoms with van der Waals surface area (Å²) in [6.45, 7) is 0.701. The van der Waals surface area contributed by atoms with Crippen LogP contribution >= 0.6 is 0 Å². The number of aromatic nitrogens is 2. The van der Waals surface area contributed by atoms with Gasteiger partial charge in [0.25, 0.3) is 0 Å². The lowest BCUT2D eigenvalue weighted by atomic mass is 10.0. The van der Waals surface area contributed by atoms with Crippen LogP contribution in [0.4, 0.5) is 5.82 Å². The van der Waals surface area contributed by atoms with E-state index in [2.05, 4.69) is 39.8 Å². The third kappa shape index (κ3) is 3.76. The molecule has 1 N–H and O–H groups in total. The number of unbranched alkanes of at least 4 members (excludes halogenated alkanes) is 1. The second-order valence-electron chi connectivity index (χ2n) is 5.41. The molecule has 0 unspecified atom stereocenters. The van der Waals surface area contributed by atoms with Gasteiger partial charge in [-0.15, -0.1) is 10.2 Å². The van der Waals surface area contributed by atoms with Crippen molar-refractivity contribution in [3.05, 3.63) is 66.7 Å². The Morgan fingerprint density at radius 2 is 1.54 bits per heavy atom. The first kappa shape index (κ1) is 15.7. The van der Waals surface area contributed by atoms with Crippen LogP contribution in [0.1, 0.15) is 12.8 Å². The average Bonchev–Trinajstić information content (AvgIpc) is 2.67. The topological polar surface area (TPSA) is 61.6 Å². The third-order valence-electron chi connectivity index (χ3n) is 3.71. The summed E-state index contributed by atoms with van der Waals surface area (Å²) >= 11 is 0. The zero-order valence-corrected chi connectivity index (χ0v) is 13.3. The highest BCUT2D eigenvalue weighted by molar-refractivity contribution is 5.78. The van der Waals surface area contributed by atoms with Crippen molar-refractivity contribution in [2.75, 3.05) is 11.9 Å². The van der Waals surface area contributed by atoms with Gasteiger partial charge < -0.3 is 5.32 Å². The highest BCUT2D eigenvalue weighted by atomic mass is 15.2. The van der Waals surface area contributed by atoms with Crippen LogP contribution in [0.3, 0.4) is 0 Å². The van der Waals surface area contributed by atoms with Crippen molar-refractivity contribution in [3.8, 4) is 28.5 Å². The molecule has 118 valence electrons. The van der Waals surface area contributed by atoms with Crippen LogP contribution in [0, 0.1) is 11.3 Å². The smallest absolute Gasteiger partial charge is 0.156 e. The summed E-state index contributed by atoms with van der Waals surface area (Å²) in [5, 5.41) is 20.7. The molecule has 0 aliphatic heterocycles. The quantitative estimate of drug-likeness (QED) is 0.679. The highest BCUT2D eigenvalue weighted by Gasteiger charge is 2.10. The molecule has 1 aromatic heterocycles. The maximum atomic E-state index is 8.65. The van der Waals surface area contributed by atoms with E-state index in [0.717, 1.165) is 34.6 Å². The van der Waals surface area contributed by atoms with E-state index in [4.69, 9.17) is 5.26 Å². The van der Waals surface area contributed by atoms with Gasteiger partial charge in [0.05, 0.1) is 11.8 Å². The largest absolute Gasteiger partial charge is 0.368 e. The number of nitriles is 1. The van der Waals surface area contributed by atoms with Crippen LogP contribution in [-0.2, 0) is 0 Å². The summed E-state index contributed by atoms with van der Waals surface area (Å²) in [7, 11) is 0. The van der Waals surface area contributed by atoms with Crippen LogP contribution in [-0.4, -0.2) is 16.7 Å². The molecule has 3 rings (SSSR count). The molecule has 0 amide bonds. The van der Waals surface area contributed by atoms with E-state index in [1.807, 2.05) is 48.5 Å². The van der Waals surface area contributed by atoms with Crippen LogP contribution in [0.2, 0.25) is 0 Å². The predicted octanol–water partition coefficient (Wildman–Crippen LogP) is 4.53. The van der Waals surface area contributed by atoms with E-state index >= 15 is 0 Å². The van der Waals surface area contributed by atoms with Gasteiger partial charge in [-0.3, -0.25) is 0 Å². The molecule has 0 bridgehead atoms. The van der Waals surface area contributed by atoms with Gasteiger partial charge in [0.15, 0.2) is 5.82 Å². The lowest BCUT2D eigenvalue weighted by Crippen LogP contribution is -2.06. The van der Waals surface area contributed by atoms with E-state index in [9.17, 15) is 0 Å². The van der Waals surface area contributed by atoms with Crippen molar-refractivity contribution >= 4 is 5.82 Å². The van der Waals surface area contributed by atoms with E-state index < -0.39 is 0 Å². The molecule has 0 spiro atoms. The van der Waals surface area contributed by atoms with E-state index in [1.165, 1.54) is 0 Å². The Morgan fingerprint density at radius 3 is 2.21 bits per heavy atom. The fourth-order valence-corrected chi connectivity index (χ4v) is 2.48. The molecule has 4 nitrogen and oxygen atoms in total. The zero-order valence-electron chi connectivity index (χ0n) is 13.3. The molecule has 0 aliphatic carbocycles. The number of nitrogens with one attached hydrogen (secondary N) is 1. The molecule has 0 aliphatic rings. The molecule has 0 radical (unpaired) electrons. The number of benzene rings is 2. The lowest BCUT2D eigenvalue weighted by Gasteiger charge is -2.12. The first-order valence-electron chi connectivity index (χ1n) is 7.98. The lowest BCUT2D eigenvalue weighted by molar-refractivity contribution is 0.884. The molecule has 0 saturated heterocycles. The fourth-order valence-electron chi connectivity index (χ4n) is 2.48. The summed E-state index contributed by atoms with van der Waals surface area (Å²) in [6.07, 6.45) is 1.32. The highest BCUT2D eigenvalue weighted by Crippen LogP contribution is 2.29. The minimum atomic E-state index is 0.531. The fraction of sp³-hybridized carbons (Fsp3) is 0.150. The molecule has 1 heterocycles. The Bertz CT molecular complexity index is 823. The second kappa shape index (κ2) is 7.89. The molecule has 0 atom stereocenters. The average molecular weight is 314 g/mol. The summed E-state index contributed by atoms with van der Waals surface area (Å²) in [5.74, 6) is 0.749. The van der Waals surface area contributed by atoms with E-state index in [-0.39, 0.29) is 0 Å². The molecule has 0 saturated carbocycles. The van der Waals surface area contributed by atoms with E-state index in [0.29, 0.717) is 13.0 Å². The van der Waals surface area contributed by atoms with E-state index in [1.54, 1.807) is 0 Å². The number of rotatable bonds is 6. The number of anilines is 1. The van der Waals surface area contributed by atoms with Gasteiger partial charge in [-0.25, -0.2) is 0 Å². The molecule has 3 aromatic rings. The molecule has 0 fully saturated rings. The molecule has 24 heavy (non-hydrogen) atoms. The number of hydrogen-bond donors (Lipinski definition) is 1. The van der Waals surface area contributed by atoms with Crippen molar-refractivity contribution in [3.63, 3.8) is 0 Å². The van der Waals surface area contributed by atoms with Gasteiger partial charge in [0.2, 0.25) is 0 Å². The van der Waals surface area contributed by atoms with Crippen molar-refractivity contribution in [1.82, 2.24) is 10.2 Å². The minimum absolute atomic E-state index is 0.531. The summed E-state index contributed by atoms with van der Waals surface area (Å²) in [6, 6.07) is 24.4. The number of nitrogens with zero attached hydrogens (tertiary/aromatic N) is 3. The third-order valence-corrected chi connectivity index (χ3v) is 3.71. The molecular formula is C20H18N4. The molecule has 4 heteroatoms. The minimum Gasteiger partial charge on any atom is -0.368 e. The standard InChI is InChI=1S/C20H18N4/c21-13-7-8-14-22-20-18(16-9-3-1-4-10-16)15-19(23-24-20)17-11-5-2-6-12-17/h1-6,9-12,15H,7-8,14H2,(H,22,24). The molecular weight excluding hydrogens is 296 g/mol. The Hall–Kier alpha value is -3.19. The monoisotopic (exact) mass is 314 g/mol. The summed E-state index contributed by atoms with van der Waals surface area (Å²) < 4.78 is 0. The van der Waals surface area contributed by atoms with Crippen molar-refractivity contribution in [2.45, 2.75) is 12.8 Å². The van der Waals surface area contributed by atoms with Gasteiger partial charge in [0, 0.05) is 24.1 Å². The van der Waals surface area contributed by atoms with Gasteiger partial charge in [-0.1, -0.05) is 60.7 Å². The predicted molar refractivity (Wildman–Crippen MR) is 96.2 cm³/mol. The summed E-state index contributed by atoms with van der Waals surface area (Å²) in [4.78, 5) is 0. The Labute approximate surface area is 141 Å². The second-order valence-corrected chi connectivity index (χ2v) is 5.41. The summed E-state index contributed by atoms with van der Waals surface area (Å²) in [5.41, 5.74) is 3.99. The van der Waals surface area contributed by atoms with Crippen LogP contribution < -0.4 is 5.32 Å². The SMILES string of the molecule is N#CCCCNc1nnc(-c2ccccc2)cc1-c1ccccc1. The van der Waals surface area contributed by atoms with Crippen molar-refractivity contribution in [2.24, 2.45) is 0 Å². The van der Waals surface area contributed by atoms with Gasteiger partial charge in [-0.2, -0.15) is 5.26 Å². The van der Waals surface area contributed by atoms with Gasteiger partial charge in [-0.05, 0) is 18.1 Å². The van der Waals surface area contributed by atoms with Crippen LogP contribution in [0.15, 0.2) is 66.7 Å². The Balaban J connectivity index is 1.95. The van der Waals surface area contributed by atoms with Gasteiger partial charge >= 0.3 is 0 Å². The van der Waals surface area contributed by atoms with Crippen molar-refractivity contribution < 1.29 is 0 Å². The van der Waals surface area contributed by atoms with Gasteiger partial charge in [0.1, 0.15) is 0 Å². The van der Waals surface area contributed by atoms with Crippen LogP contribution in [0.25, 0.3) is 22.4 Å².